The molecule has 0 radical (unpaired) electrons. The van der Waals surface area contributed by atoms with Crippen molar-refractivity contribution in [2.45, 2.75) is 40.5 Å². The first-order valence-electron chi connectivity index (χ1n) is 5.75. The van der Waals surface area contributed by atoms with E-state index >= 15 is 0 Å². The van der Waals surface area contributed by atoms with Crippen molar-refractivity contribution in [3.05, 3.63) is 28.8 Å². The summed E-state index contributed by atoms with van der Waals surface area (Å²) in [5.41, 5.74) is 2.89. The van der Waals surface area contributed by atoms with Crippen LogP contribution in [0.3, 0.4) is 0 Å². The lowest BCUT2D eigenvalue weighted by Gasteiger charge is -2.16. The van der Waals surface area contributed by atoms with Crippen LogP contribution in [0, 0.1) is 6.92 Å². The third-order valence-electron chi connectivity index (χ3n) is 2.66. The van der Waals surface area contributed by atoms with E-state index < -0.39 is 0 Å². The van der Waals surface area contributed by atoms with Gasteiger partial charge in [0.25, 0.3) is 0 Å². The molecule has 0 unspecified atom stereocenters. The highest BCUT2D eigenvalue weighted by Crippen LogP contribution is 2.30. The van der Waals surface area contributed by atoms with E-state index in [1.807, 2.05) is 26.0 Å². The van der Waals surface area contributed by atoms with E-state index in [1.165, 1.54) is 0 Å². The molecule has 0 N–H and O–H groups in total. The van der Waals surface area contributed by atoms with Gasteiger partial charge in [-0.05, 0) is 49.9 Å². The van der Waals surface area contributed by atoms with Gasteiger partial charge in [-0.1, -0.05) is 13.8 Å². The van der Waals surface area contributed by atoms with Crippen LogP contribution in [0.15, 0.2) is 12.1 Å². The summed E-state index contributed by atoms with van der Waals surface area (Å²) >= 11 is 0. The van der Waals surface area contributed by atoms with E-state index in [-0.39, 0.29) is 5.78 Å². The number of aryl methyl sites for hydroxylation is 1. The van der Waals surface area contributed by atoms with Crippen LogP contribution >= 0.6 is 0 Å². The minimum absolute atomic E-state index is 0.113. The number of carbonyl (C=O) groups is 1. The molecule has 0 atom stereocenters. The largest absolute Gasteiger partial charge is 0.494 e. The Balaban J connectivity index is 3.31. The predicted octanol–water partition coefficient (Wildman–Crippen LogP) is 3.72. The van der Waals surface area contributed by atoms with Gasteiger partial charge in [0.15, 0.2) is 5.78 Å². The zero-order valence-corrected chi connectivity index (χ0v) is 10.8. The van der Waals surface area contributed by atoms with Gasteiger partial charge in [0.2, 0.25) is 0 Å². The van der Waals surface area contributed by atoms with Crippen LogP contribution in [0.2, 0.25) is 0 Å². The molecule has 2 heteroatoms. The van der Waals surface area contributed by atoms with Crippen LogP contribution in [-0.4, -0.2) is 12.4 Å². The summed E-state index contributed by atoms with van der Waals surface area (Å²) in [5, 5.41) is 0. The van der Waals surface area contributed by atoms with Gasteiger partial charge >= 0.3 is 0 Å². The first-order valence-corrected chi connectivity index (χ1v) is 5.75. The Hall–Kier alpha value is -1.31. The summed E-state index contributed by atoms with van der Waals surface area (Å²) in [6.07, 6.45) is 0. The van der Waals surface area contributed by atoms with Gasteiger partial charge < -0.3 is 4.74 Å². The van der Waals surface area contributed by atoms with Crippen molar-refractivity contribution in [3.8, 4) is 5.75 Å². The predicted molar refractivity (Wildman–Crippen MR) is 66.4 cm³/mol. The van der Waals surface area contributed by atoms with E-state index in [0.29, 0.717) is 12.5 Å². The Morgan fingerprint density at radius 1 is 1.38 bits per heavy atom. The van der Waals surface area contributed by atoms with Crippen LogP contribution in [-0.2, 0) is 0 Å². The van der Waals surface area contributed by atoms with Crippen molar-refractivity contribution in [2.75, 3.05) is 6.61 Å². The molecule has 0 bridgehead atoms. The Morgan fingerprint density at radius 3 is 2.44 bits per heavy atom. The second-order valence-corrected chi connectivity index (χ2v) is 4.35. The van der Waals surface area contributed by atoms with Crippen molar-refractivity contribution < 1.29 is 9.53 Å². The molecule has 0 fully saturated rings. The van der Waals surface area contributed by atoms with Gasteiger partial charge in [-0.3, -0.25) is 4.79 Å². The maximum atomic E-state index is 11.5. The van der Waals surface area contributed by atoms with Gasteiger partial charge in [-0.2, -0.15) is 0 Å². The van der Waals surface area contributed by atoms with Gasteiger partial charge in [-0.25, -0.2) is 0 Å². The van der Waals surface area contributed by atoms with Gasteiger partial charge in [0, 0.05) is 5.56 Å². The smallest absolute Gasteiger partial charge is 0.160 e. The Morgan fingerprint density at radius 2 is 2.00 bits per heavy atom. The number of rotatable bonds is 4. The molecular weight excluding hydrogens is 200 g/mol. The minimum Gasteiger partial charge on any atom is -0.494 e. The van der Waals surface area contributed by atoms with Crippen molar-refractivity contribution in [3.63, 3.8) is 0 Å². The fourth-order valence-electron chi connectivity index (χ4n) is 1.81. The summed E-state index contributed by atoms with van der Waals surface area (Å²) in [6.45, 7) is 10.4. The molecular formula is C14H20O2. The standard InChI is InChI=1S/C14H20O2/c1-6-16-14-7-10(4)13(11(5)15)8-12(14)9(2)3/h7-9H,6H2,1-5H3. The van der Waals surface area contributed by atoms with Crippen molar-refractivity contribution in [1.82, 2.24) is 0 Å². The Labute approximate surface area is 97.6 Å². The molecule has 0 heterocycles. The summed E-state index contributed by atoms with van der Waals surface area (Å²) in [5.74, 6) is 1.38. The lowest BCUT2D eigenvalue weighted by Crippen LogP contribution is -2.04. The summed E-state index contributed by atoms with van der Waals surface area (Å²) in [4.78, 5) is 11.5. The molecule has 0 saturated carbocycles. The zero-order valence-electron chi connectivity index (χ0n) is 10.8. The summed E-state index contributed by atoms with van der Waals surface area (Å²) in [6, 6.07) is 3.93. The second-order valence-electron chi connectivity index (χ2n) is 4.35. The highest BCUT2D eigenvalue weighted by atomic mass is 16.5. The average molecular weight is 220 g/mol. The molecule has 0 aliphatic heterocycles. The third kappa shape index (κ3) is 2.63. The fraction of sp³-hybridized carbons (Fsp3) is 0.500. The van der Waals surface area contributed by atoms with Crippen LogP contribution in [0.25, 0.3) is 0 Å². The number of hydrogen-bond donors (Lipinski definition) is 0. The number of Topliss-reactive ketones (excluding diaryl/α,β-unsaturated/α-hetero) is 1. The number of benzene rings is 1. The molecule has 0 amide bonds. The molecule has 1 aromatic rings. The van der Waals surface area contributed by atoms with E-state index in [1.54, 1.807) is 6.92 Å². The summed E-state index contributed by atoms with van der Waals surface area (Å²) < 4.78 is 5.60. The quantitative estimate of drug-likeness (QED) is 0.723. The minimum atomic E-state index is 0.113. The molecule has 0 spiro atoms. The first-order chi connectivity index (χ1) is 7.47. The normalized spacial score (nSPS) is 10.6. The topological polar surface area (TPSA) is 26.3 Å². The van der Waals surface area contributed by atoms with E-state index in [2.05, 4.69) is 13.8 Å². The van der Waals surface area contributed by atoms with Gasteiger partial charge in [-0.15, -0.1) is 0 Å². The summed E-state index contributed by atoms with van der Waals surface area (Å²) in [7, 11) is 0. The lowest BCUT2D eigenvalue weighted by molar-refractivity contribution is 0.101. The first kappa shape index (κ1) is 12.8. The van der Waals surface area contributed by atoms with Crippen LogP contribution in [0.1, 0.15) is 55.1 Å². The third-order valence-corrected chi connectivity index (χ3v) is 2.66. The van der Waals surface area contributed by atoms with Crippen molar-refractivity contribution in [2.24, 2.45) is 0 Å². The molecule has 0 aliphatic carbocycles. The molecule has 1 rings (SSSR count). The molecule has 0 aliphatic rings. The number of ketones is 1. The second kappa shape index (κ2) is 5.15. The average Bonchev–Trinajstić information content (AvgIpc) is 2.17. The van der Waals surface area contributed by atoms with Crippen LogP contribution in [0.5, 0.6) is 5.75 Å². The molecule has 0 aromatic heterocycles. The highest BCUT2D eigenvalue weighted by Gasteiger charge is 2.13. The van der Waals surface area contributed by atoms with Crippen molar-refractivity contribution in [1.29, 1.82) is 0 Å². The lowest BCUT2D eigenvalue weighted by atomic mass is 9.95. The monoisotopic (exact) mass is 220 g/mol. The molecule has 0 saturated heterocycles. The Bertz CT molecular complexity index is 392. The number of carbonyl (C=O) groups excluding carboxylic acids is 1. The number of hydrogen-bond acceptors (Lipinski definition) is 2. The van der Waals surface area contributed by atoms with Crippen LogP contribution < -0.4 is 4.74 Å². The fourth-order valence-corrected chi connectivity index (χ4v) is 1.81. The number of ether oxygens (including phenoxy) is 1. The van der Waals surface area contributed by atoms with Crippen LogP contribution in [0.4, 0.5) is 0 Å². The van der Waals surface area contributed by atoms with Crippen molar-refractivity contribution >= 4 is 5.78 Å². The zero-order chi connectivity index (χ0) is 12.3. The molecule has 1 aromatic carbocycles. The SMILES string of the molecule is CCOc1cc(C)c(C(C)=O)cc1C(C)C. The highest BCUT2D eigenvalue weighted by molar-refractivity contribution is 5.96. The maximum Gasteiger partial charge on any atom is 0.160 e. The Kier molecular flexibility index (Phi) is 4.11. The molecule has 16 heavy (non-hydrogen) atoms. The van der Waals surface area contributed by atoms with Gasteiger partial charge in [0.05, 0.1) is 6.61 Å². The van der Waals surface area contributed by atoms with Gasteiger partial charge in [0.1, 0.15) is 5.75 Å². The molecule has 88 valence electrons. The molecule has 2 nitrogen and oxygen atoms in total. The maximum absolute atomic E-state index is 11.5. The van der Waals surface area contributed by atoms with E-state index in [9.17, 15) is 4.79 Å². The van der Waals surface area contributed by atoms with E-state index in [0.717, 1.165) is 22.4 Å². The van der Waals surface area contributed by atoms with E-state index in [4.69, 9.17) is 4.74 Å².